The second-order valence-electron chi connectivity index (χ2n) is 5.09. The van der Waals surface area contributed by atoms with Gasteiger partial charge in [-0.05, 0) is 12.1 Å². The van der Waals surface area contributed by atoms with Crippen LogP contribution in [0.1, 0.15) is 17.2 Å². The number of piperazine rings is 1. The minimum absolute atomic E-state index is 0. The number of alkyl halides is 6. The molecule has 12 heteroatoms. The lowest BCUT2D eigenvalue weighted by Gasteiger charge is -2.37. The van der Waals surface area contributed by atoms with E-state index in [1.165, 1.54) is 0 Å². The largest absolute Gasteiger partial charge is 0.505 e. The molecular weight excluding hydrogens is 404 g/mol. The van der Waals surface area contributed by atoms with Crippen LogP contribution in [0.5, 0.6) is 5.75 Å². The van der Waals surface area contributed by atoms with E-state index in [-0.39, 0.29) is 57.1 Å². The molecule has 1 aromatic carbocycles. The third-order valence-corrected chi connectivity index (χ3v) is 3.57. The topological polar surface area (TPSA) is 35.5 Å². The summed E-state index contributed by atoms with van der Waals surface area (Å²) in [7, 11) is 0. The highest BCUT2D eigenvalue weighted by Crippen LogP contribution is 2.47. The molecule has 1 heterocycles. The molecule has 2 rings (SSSR count). The predicted molar refractivity (Wildman–Crippen MR) is 80.8 cm³/mol. The fourth-order valence-corrected chi connectivity index (χ4v) is 2.60. The zero-order valence-corrected chi connectivity index (χ0v) is 14.1. The average molecular weight is 419 g/mol. The van der Waals surface area contributed by atoms with Crippen LogP contribution in [0.4, 0.5) is 30.7 Å². The fourth-order valence-electron chi connectivity index (χ4n) is 2.60. The Morgan fingerprint density at radius 1 is 1.00 bits per heavy atom. The van der Waals surface area contributed by atoms with Gasteiger partial charge in [-0.1, -0.05) is 0 Å². The first-order valence-electron chi connectivity index (χ1n) is 6.63. The van der Waals surface area contributed by atoms with Crippen molar-refractivity contribution in [3.63, 3.8) is 0 Å². The summed E-state index contributed by atoms with van der Waals surface area (Å²) in [6.07, 6.45) is -10.3. The Morgan fingerprint density at radius 2 is 1.52 bits per heavy atom. The number of hydrogen-bond donors (Lipinski definition) is 2. The van der Waals surface area contributed by atoms with Crippen LogP contribution in [-0.4, -0.2) is 42.4 Å². The third-order valence-electron chi connectivity index (χ3n) is 3.57. The number of phenolic OH excluding ortho intramolecular Hbond substituents is 1. The van der Waals surface area contributed by atoms with Gasteiger partial charge in [0.25, 0.3) is 0 Å². The lowest BCUT2D eigenvalue weighted by atomic mass is 9.96. The number of hydrogen-bond acceptors (Lipinski definition) is 3. The summed E-state index contributed by atoms with van der Waals surface area (Å²) in [5.41, 5.74) is -3.19. The summed E-state index contributed by atoms with van der Waals surface area (Å²) < 4.78 is 92.8. The van der Waals surface area contributed by atoms with E-state index in [0.717, 1.165) is 4.90 Å². The van der Waals surface area contributed by atoms with Gasteiger partial charge in [0.1, 0.15) is 6.04 Å². The maximum absolute atomic E-state index is 13.4. The smallest absolute Gasteiger partial charge is 0.416 e. The van der Waals surface area contributed by atoms with Crippen LogP contribution < -0.4 is 5.32 Å². The van der Waals surface area contributed by atoms with Gasteiger partial charge in [-0.3, -0.25) is 4.90 Å². The molecular formula is C13H15Cl2F7N2O. The van der Waals surface area contributed by atoms with E-state index in [1.54, 1.807) is 0 Å². The second-order valence-corrected chi connectivity index (χ2v) is 5.09. The van der Waals surface area contributed by atoms with Crippen molar-refractivity contribution in [2.24, 2.45) is 0 Å². The standard InChI is InChI=1S/C13H13F7N2O.2ClH/c14-8-2-1-7(12(15,16)17)9(10(8)23)11(13(18,19)20)22-5-3-21-4-6-22;;/h1-2,11,21,23H,3-6H2;2*1H/t11-;;/m1../s1. The summed E-state index contributed by atoms with van der Waals surface area (Å²) in [6.45, 7) is -0.0805. The molecule has 0 saturated carbocycles. The van der Waals surface area contributed by atoms with Crippen LogP contribution in [0.25, 0.3) is 0 Å². The van der Waals surface area contributed by atoms with E-state index in [4.69, 9.17) is 0 Å². The second kappa shape index (κ2) is 8.61. The maximum atomic E-state index is 13.4. The molecule has 25 heavy (non-hydrogen) atoms. The summed E-state index contributed by atoms with van der Waals surface area (Å²) in [5, 5.41) is 12.4. The molecule has 1 aliphatic rings. The first-order valence-corrected chi connectivity index (χ1v) is 6.63. The van der Waals surface area contributed by atoms with E-state index in [1.807, 2.05) is 0 Å². The number of halogens is 9. The van der Waals surface area contributed by atoms with Gasteiger partial charge in [0.15, 0.2) is 11.6 Å². The van der Waals surface area contributed by atoms with Gasteiger partial charge in [0, 0.05) is 31.7 Å². The Bertz CT molecular complexity index is 575. The Hall–Kier alpha value is -0.970. The molecule has 3 nitrogen and oxygen atoms in total. The van der Waals surface area contributed by atoms with Crippen LogP contribution >= 0.6 is 24.8 Å². The summed E-state index contributed by atoms with van der Waals surface area (Å²) >= 11 is 0. The SMILES string of the molecule is Cl.Cl.Oc1c(F)ccc(C(F)(F)F)c1[C@@H](N1CCNCC1)C(F)(F)F. The maximum Gasteiger partial charge on any atom is 0.416 e. The molecule has 1 saturated heterocycles. The van der Waals surface area contributed by atoms with Gasteiger partial charge in [0.05, 0.1) is 5.56 Å². The first kappa shape index (κ1) is 24.0. The quantitative estimate of drug-likeness (QED) is 0.715. The normalized spacial score (nSPS) is 17.4. The van der Waals surface area contributed by atoms with Crippen molar-refractivity contribution in [2.45, 2.75) is 18.4 Å². The van der Waals surface area contributed by atoms with Crippen molar-refractivity contribution in [1.29, 1.82) is 0 Å². The Labute approximate surface area is 151 Å². The summed E-state index contributed by atoms with van der Waals surface area (Å²) in [4.78, 5) is 0.750. The van der Waals surface area contributed by atoms with E-state index in [0.29, 0.717) is 6.07 Å². The van der Waals surface area contributed by atoms with E-state index in [9.17, 15) is 35.8 Å². The van der Waals surface area contributed by atoms with Crippen molar-refractivity contribution >= 4 is 24.8 Å². The molecule has 0 aromatic heterocycles. The van der Waals surface area contributed by atoms with Crippen LogP contribution in [0.15, 0.2) is 12.1 Å². The molecule has 0 aliphatic carbocycles. The minimum Gasteiger partial charge on any atom is -0.505 e. The van der Waals surface area contributed by atoms with Crippen molar-refractivity contribution in [1.82, 2.24) is 10.2 Å². The molecule has 0 radical (unpaired) electrons. The van der Waals surface area contributed by atoms with Gasteiger partial charge >= 0.3 is 12.4 Å². The minimum atomic E-state index is -5.15. The van der Waals surface area contributed by atoms with Crippen LogP contribution in [0, 0.1) is 5.82 Å². The highest BCUT2D eigenvalue weighted by atomic mass is 35.5. The third kappa shape index (κ3) is 5.25. The zero-order valence-electron chi connectivity index (χ0n) is 12.4. The lowest BCUT2D eigenvalue weighted by Crippen LogP contribution is -2.49. The lowest BCUT2D eigenvalue weighted by molar-refractivity contribution is -0.191. The molecule has 146 valence electrons. The molecule has 1 aliphatic heterocycles. The van der Waals surface area contributed by atoms with Crippen LogP contribution in [0.2, 0.25) is 0 Å². The summed E-state index contributed by atoms with van der Waals surface area (Å²) in [6, 6.07) is -2.23. The number of aromatic hydroxyl groups is 1. The number of nitrogens with one attached hydrogen (secondary N) is 1. The van der Waals surface area contributed by atoms with Crippen LogP contribution in [-0.2, 0) is 6.18 Å². The number of rotatable bonds is 2. The number of nitrogens with zero attached hydrogens (tertiary/aromatic N) is 1. The zero-order chi connectivity index (χ0) is 17.4. The van der Waals surface area contributed by atoms with E-state index < -0.39 is 41.1 Å². The molecule has 0 bridgehead atoms. The number of phenols is 1. The fraction of sp³-hybridized carbons (Fsp3) is 0.538. The van der Waals surface area contributed by atoms with E-state index >= 15 is 0 Å². The Kier molecular flexibility index (Phi) is 8.28. The molecule has 0 unspecified atom stereocenters. The number of benzene rings is 1. The Morgan fingerprint density at radius 3 is 1.96 bits per heavy atom. The van der Waals surface area contributed by atoms with Gasteiger partial charge in [0.2, 0.25) is 0 Å². The molecule has 2 N–H and O–H groups in total. The van der Waals surface area contributed by atoms with Crippen molar-refractivity contribution < 1.29 is 35.8 Å². The predicted octanol–water partition coefficient (Wildman–Crippen LogP) is 3.90. The highest BCUT2D eigenvalue weighted by molar-refractivity contribution is 5.85. The molecule has 0 spiro atoms. The van der Waals surface area contributed by atoms with Gasteiger partial charge < -0.3 is 10.4 Å². The average Bonchev–Trinajstić information content (AvgIpc) is 2.42. The van der Waals surface area contributed by atoms with Crippen LogP contribution in [0.3, 0.4) is 0 Å². The van der Waals surface area contributed by atoms with E-state index in [2.05, 4.69) is 5.32 Å². The molecule has 1 atom stereocenters. The monoisotopic (exact) mass is 418 g/mol. The highest BCUT2D eigenvalue weighted by Gasteiger charge is 2.50. The van der Waals surface area contributed by atoms with Crippen molar-refractivity contribution in [3.05, 3.63) is 29.1 Å². The van der Waals surface area contributed by atoms with Crippen molar-refractivity contribution in [2.75, 3.05) is 26.2 Å². The van der Waals surface area contributed by atoms with Gasteiger partial charge in [-0.25, -0.2) is 4.39 Å². The molecule has 0 amide bonds. The first-order chi connectivity index (χ1) is 10.5. The molecule has 1 aromatic rings. The molecule has 1 fully saturated rings. The van der Waals surface area contributed by atoms with Crippen molar-refractivity contribution in [3.8, 4) is 5.75 Å². The summed E-state index contributed by atoms with van der Waals surface area (Å²) in [5.74, 6) is -3.15. The Balaban J connectivity index is 0.00000288. The van der Waals surface area contributed by atoms with Gasteiger partial charge in [-0.15, -0.1) is 24.8 Å². The van der Waals surface area contributed by atoms with Gasteiger partial charge in [-0.2, -0.15) is 26.3 Å².